The average molecular weight is 269 g/mol. The Balaban J connectivity index is 1.97. The van der Waals surface area contributed by atoms with Crippen molar-refractivity contribution in [3.8, 4) is 0 Å². The van der Waals surface area contributed by atoms with Crippen LogP contribution in [0, 0.1) is 0 Å². The van der Waals surface area contributed by atoms with Gasteiger partial charge in [0.25, 0.3) is 0 Å². The number of nitrogens with zero attached hydrogens (tertiary/aromatic N) is 1. The van der Waals surface area contributed by atoms with Gasteiger partial charge in [0.15, 0.2) is 0 Å². The maximum absolute atomic E-state index is 9.12. The molecule has 0 aromatic carbocycles. The topological polar surface area (TPSA) is 23.5 Å². The van der Waals surface area contributed by atoms with Crippen LogP contribution in [0.5, 0.6) is 0 Å². The SMILES string of the molecule is CCCCCCCCCCN1CCCCC1CCO. The lowest BCUT2D eigenvalue weighted by atomic mass is 9.99. The molecule has 0 radical (unpaired) electrons. The van der Waals surface area contributed by atoms with Crippen LogP contribution in [0.15, 0.2) is 0 Å². The minimum absolute atomic E-state index is 0.360. The van der Waals surface area contributed by atoms with Crippen LogP contribution in [-0.2, 0) is 0 Å². The molecule has 19 heavy (non-hydrogen) atoms. The highest BCUT2D eigenvalue weighted by molar-refractivity contribution is 4.76. The number of unbranched alkanes of at least 4 members (excludes halogenated alkanes) is 7. The van der Waals surface area contributed by atoms with E-state index in [2.05, 4.69) is 11.8 Å². The molecule has 1 unspecified atom stereocenters. The van der Waals surface area contributed by atoms with E-state index in [0.717, 1.165) is 6.42 Å². The summed E-state index contributed by atoms with van der Waals surface area (Å²) >= 11 is 0. The van der Waals surface area contributed by atoms with E-state index in [9.17, 15) is 0 Å². The van der Waals surface area contributed by atoms with Gasteiger partial charge < -0.3 is 10.0 Å². The Hall–Kier alpha value is -0.0800. The molecule has 1 atom stereocenters. The fourth-order valence-corrected chi connectivity index (χ4v) is 3.28. The normalized spacial score (nSPS) is 20.8. The molecule has 1 saturated heterocycles. The van der Waals surface area contributed by atoms with Gasteiger partial charge >= 0.3 is 0 Å². The first-order valence-electron chi connectivity index (χ1n) is 8.73. The minimum Gasteiger partial charge on any atom is -0.396 e. The van der Waals surface area contributed by atoms with Crippen molar-refractivity contribution in [2.24, 2.45) is 0 Å². The molecule has 1 N–H and O–H groups in total. The molecule has 0 bridgehead atoms. The summed E-state index contributed by atoms with van der Waals surface area (Å²) in [4.78, 5) is 2.64. The van der Waals surface area contributed by atoms with Crippen LogP contribution in [0.1, 0.15) is 84.0 Å². The van der Waals surface area contributed by atoms with Crippen molar-refractivity contribution in [2.45, 2.75) is 90.0 Å². The van der Waals surface area contributed by atoms with Crippen molar-refractivity contribution in [1.29, 1.82) is 0 Å². The highest BCUT2D eigenvalue weighted by atomic mass is 16.3. The van der Waals surface area contributed by atoms with Crippen molar-refractivity contribution < 1.29 is 5.11 Å². The first kappa shape index (κ1) is 17.0. The Morgan fingerprint density at radius 1 is 0.947 bits per heavy atom. The summed E-state index contributed by atoms with van der Waals surface area (Å²) in [5.74, 6) is 0. The van der Waals surface area contributed by atoms with Crippen molar-refractivity contribution in [3.63, 3.8) is 0 Å². The Morgan fingerprint density at radius 2 is 1.63 bits per heavy atom. The second kappa shape index (κ2) is 11.7. The number of hydrogen-bond acceptors (Lipinski definition) is 2. The predicted octanol–water partition coefficient (Wildman–Crippen LogP) is 4.36. The number of hydrogen-bond donors (Lipinski definition) is 1. The molecular formula is C17H35NO. The molecule has 0 aliphatic carbocycles. The van der Waals surface area contributed by atoms with Gasteiger partial charge in [0.1, 0.15) is 0 Å². The average Bonchev–Trinajstić information content (AvgIpc) is 2.44. The molecule has 2 heteroatoms. The lowest BCUT2D eigenvalue weighted by Gasteiger charge is -2.35. The molecule has 1 aliphatic heterocycles. The minimum atomic E-state index is 0.360. The first-order valence-corrected chi connectivity index (χ1v) is 8.73. The Morgan fingerprint density at radius 3 is 2.32 bits per heavy atom. The van der Waals surface area contributed by atoms with Gasteiger partial charge in [-0.15, -0.1) is 0 Å². The second-order valence-corrected chi connectivity index (χ2v) is 6.17. The van der Waals surface area contributed by atoms with Crippen LogP contribution < -0.4 is 0 Å². The standard InChI is InChI=1S/C17H35NO/c1-2-3-4-5-6-7-8-10-14-18-15-11-9-12-17(18)13-16-19/h17,19H,2-16H2,1H3. The third kappa shape index (κ3) is 7.94. The van der Waals surface area contributed by atoms with Crippen molar-refractivity contribution in [2.75, 3.05) is 19.7 Å². The number of likely N-dealkylation sites (tertiary alicyclic amines) is 1. The van der Waals surface area contributed by atoms with Gasteiger partial charge in [0, 0.05) is 12.6 Å². The molecule has 0 amide bonds. The van der Waals surface area contributed by atoms with Crippen LogP contribution in [0.2, 0.25) is 0 Å². The van der Waals surface area contributed by atoms with Crippen LogP contribution in [0.4, 0.5) is 0 Å². The Bertz CT molecular complexity index is 194. The van der Waals surface area contributed by atoms with Gasteiger partial charge in [-0.25, -0.2) is 0 Å². The molecular weight excluding hydrogens is 234 g/mol. The lowest BCUT2D eigenvalue weighted by molar-refractivity contribution is 0.117. The first-order chi connectivity index (χ1) is 9.38. The van der Waals surface area contributed by atoms with Gasteiger partial charge in [0.2, 0.25) is 0 Å². The summed E-state index contributed by atoms with van der Waals surface area (Å²) in [6.07, 6.45) is 16.2. The van der Waals surface area contributed by atoms with E-state index < -0.39 is 0 Å². The second-order valence-electron chi connectivity index (χ2n) is 6.17. The summed E-state index contributed by atoms with van der Waals surface area (Å²) in [7, 11) is 0. The van der Waals surface area contributed by atoms with Gasteiger partial charge in [-0.1, -0.05) is 58.3 Å². The van der Waals surface area contributed by atoms with E-state index in [0.29, 0.717) is 12.6 Å². The van der Waals surface area contributed by atoms with Crippen LogP contribution in [0.25, 0.3) is 0 Å². The summed E-state index contributed by atoms with van der Waals surface area (Å²) in [6, 6.07) is 0.670. The molecule has 0 aromatic rings. The van der Waals surface area contributed by atoms with Crippen LogP contribution >= 0.6 is 0 Å². The Kier molecular flexibility index (Phi) is 10.5. The molecule has 0 saturated carbocycles. The Labute approximate surface area is 120 Å². The van der Waals surface area contributed by atoms with Crippen LogP contribution in [0.3, 0.4) is 0 Å². The van der Waals surface area contributed by atoms with Gasteiger partial charge in [-0.05, 0) is 38.8 Å². The van der Waals surface area contributed by atoms with Crippen molar-refractivity contribution in [3.05, 3.63) is 0 Å². The highest BCUT2D eigenvalue weighted by Crippen LogP contribution is 2.20. The van der Waals surface area contributed by atoms with Crippen molar-refractivity contribution >= 4 is 0 Å². The van der Waals surface area contributed by atoms with Crippen LogP contribution in [-0.4, -0.2) is 35.7 Å². The number of piperidine rings is 1. The van der Waals surface area contributed by atoms with Gasteiger partial charge in [-0.2, -0.15) is 0 Å². The summed E-state index contributed by atoms with van der Waals surface area (Å²) < 4.78 is 0. The fourth-order valence-electron chi connectivity index (χ4n) is 3.28. The number of aliphatic hydroxyl groups is 1. The van der Waals surface area contributed by atoms with E-state index in [1.165, 1.54) is 83.7 Å². The zero-order valence-corrected chi connectivity index (χ0v) is 13.1. The quantitative estimate of drug-likeness (QED) is 0.563. The zero-order valence-electron chi connectivity index (χ0n) is 13.1. The van der Waals surface area contributed by atoms with E-state index in [1.807, 2.05) is 0 Å². The highest BCUT2D eigenvalue weighted by Gasteiger charge is 2.20. The molecule has 1 rings (SSSR count). The van der Waals surface area contributed by atoms with Gasteiger partial charge in [0.05, 0.1) is 0 Å². The number of rotatable bonds is 11. The summed E-state index contributed by atoms with van der Waals surface area (Å²) in [5.41, 5.74) is 0. The molecule has 0 aromatic heterocycles. The largest absolute Gasteiger partial charge is 0.396 e. The number of aliphatic hydroxyl groups excluding tert-OH is 1. The lowest BCUT2D eigenvalue weighted by Crippen LogP contribution is -2.40. The molecule has 1 heterocycles. The molecule has 1 aliphatic rings. The van der Waals surface area contributed by atoms with E-state index in [1.54, 1.807) is 0 Å². The summed E-state index contributed by atoms with van der Waals surface area (Å²) in [6.45, 7) is 5.17. The molecule has 0 spiro atoms. The third-order valence-corrected chi connectivity index (χ3v) is 4.51. The van der Waals surface area contributed by atoms with E-state index >= 15 is 0 Å². The molecule has 1 fully saturated rings. The third-order valence-electron chi connectivity index (χ3n) is 4.51. The molecule has 114 valence electrons. The maximum atomic E-state index is 9.12. The monoisotopic (exact) mass is 269 g/mol. The van der Waals surface area contributed by atoms with Crippen molar-refractivity contribution in [1.82, 2.24) is 4.90 Å². The van der Waals surface area contributed by atoms with E-state index in [-0.39, 0.29) is 0 Å². The van der Waals surface area contributed by atoms with E-state index in [4.69, 9.17) is 5.11 Å². The van der Waals surface area contributed by atoms with Gasteiger partial charge in [-0.3, -0.25) is 0 Å². The molecule has 2 nitrogen and oxygen atoms in total. The predicted molar refractivity (Wildman–Crippen MR) is 83.5 cm³/mol. The smallest absolute Gasteiger partial charge is 0.0445 e. The maximum Gasteiger partial charge on any atom is 0.0445 e. The zero-order chi connectivity index (χ0) is 13.8. The summed E-state index contributed by atoms with van der Waals surface area (Å²) in [5, 5.41) is 9.12. The fraction of sp³-hybridized carbons (Fsp3) is 1.00.